The molecule has 2 aromatic rings. The Kier molecular flexibility index (Phi) is 4.50. The van der Waals surface area contributed by atoms with Crippen molar-refractivity contribution < 1.29 is 4.42 Å². The number of hydrogen-bond donors (Lipinski definition) is 1. The van der Waals surface area contributed by atoms with Crippen LogP contribution in [0.4, 0.5) is 0 Å². The van der Waals surface area contributed by atoms with Gasteiger partial charge in [-0.25, -0.2) is 4.98 Å². The highest BCUT2D eigenvalue weighted by Crippen LogP contribution is 2.28. The minimum absolute atomic E-state index is 0.00116. The van der Waals surface area contributed by atoms with Gasteiger partial charge in [-0.1, -0.05) is 23.2 Å². The Labute approximate surface area is 122 Å². The van der Waals surface area contributed by atoms with Crippen molar-refractivity contribution in [2.45, 2.75) is 32.9 Å². The van der Waals surface area contributed by atoms with Crippen LogP contribution in [-0.4, -0.2) is 4.98 Å². The molecule has 0 saturated carbocycles. The maximum atomic E-state index is 6.19. The monoisotopic (exact) mass is 298 g/mol. The summed E-state index contributed by atoms with van der Waals surface area (Å²) in [7, 11) is 0. The van der Waals surface area contributed by atoms with Crippen molar-refractivity contribution in [3.8, 4) is 0 Å². The lowest BCUT2D eigenvalue weighted by Crippen LogP contribution is -2.23. The Balaban J connectivity index is 2.12. The smallest absolute Gasteiger partial charge is 0.211 e. The second-order valence-electron chi connectivity index (χ2n) is 4.59. The van der Waals surface area contributed by atoms with E-state index in [0.717, 1.165) is 11.3 Å². The third kappa shape index (κ3) is 3.50. The zero-order valence-corrected chi connectivity index (χ0v) is 12.6. The van der Waals surface area contributed by atoms with E-state index < -0.39 is 0 Å². The quantitative estimate of drug-likeness (QED) is 0.889. The molecule has 2 atom stereocenters. The second-order valence-corrected chi connectivity index (χ2v) is 5.43. The van der Waals surface area contributed by atoms with E-state index in [4.69, 9.17) is 27.6 Å². The van der Waals surface area contributed by atoms with E-state index in [1.807, 2.05) is 26.8 Å². The first kappa shape index (κ1) is 14.4. The van der Waals surface area contributed by atoms with Crippen LogP contribution in [-0.2, 0) is 0 Å². The number of benzene rings is 1. The highest BCUT2D eigenvalue weighted by Gasteiger charge is 2.17. The van der Waals surface area contributed by atoms with Crippen molar-refractivity contribution in [2.24, 2.45) is 0 Å². The third-order valence-electron chi connectivity index (χ3n) is 2.93. The van der Waals surface area contributed by atoms with Crippen LogP contribution in [0.5, 0.6) is 0 Å². The lowest BCUT2D eigenvalue weighted by Gasteiger charge is -2.19. The maximum Gasteiger partial charge on any atom is 0.211 e. The predicted octanol–water partition coefficient (Wildman–Crippen LogP) is 4.70. The van der Waals surface area contributed by atoms with Gasteiger partial charge in [-0.3, -0.25) is 5.32 Å². The van der Waals surface area contributed by atoms with Crippen molar-refractivity contribution in [1.82, 2.24) is 10.3 Å². The summed E-state index contributed by atoms with van der Waals surface area (Å²) < 4.78 is 5.50. The van der Waals surface area contributed by atoms with E-state index in [2.05, 4.69) is 10.3 Å². The second kappa shape index (κ2) is 5.95. The fraction of sp³-hybridized carbons (Fsp3) is 0.357. The molecular formula is C14H16Cl2N2O. The van der Waals surface area contributed by atoms with Crippen molar-refractivity contribution in [2.75, 3.05) is 0 Å². The number of nitrogens with one attached hydrogen (secondary N) is 1. The summed E-state index contributed by atoms with van der Waals surface area (Å²) >= 11 is 12.2. The van der Waals surface area contributed by atoms with Gasteiger partial charge < -0.3 is 4.42 Å². The summed E-state index contributed by atoms with van der Waals surface area (Å²) in [6, 6.07) is 5.50. The Morgan fingerprint density at radius 3 is 2.58 bits per heavy atom. The fourth-order valence-electron chi connectivity index (χ4n) is 1.95. The summed E-state index contributed by atoms with van der Waals surface area (Å²) in [4.78, 5) is 4.21. The predicted molar refractivity (Wildman–Crippen MR) is 77.7 cm³/mol. The van der Waals surface area contributed by atoms with Gasteiger partial charge in [0.25, 0.3) is 0 Å². The fourth-order valence-corrected chi connectivity index (χ4v) is 2.42. The molecule has 0 saturated heterocycles. The Morgan fingerprint density at radius 2 is 1.95 bits per heavy atom. The minimum atomic E-state index is -0.00116. The lowest BCUT2D eigenvalue weighted by molar-refractivity contribution is 0.380. The molecule has 0 aliphatic carbocycles. The van der Waals surface area contributed by atoms with E-state index in [-0.39, 0.29) is 12.1 Å². The number of aromatic nitrogens is 1. The number of nitrogens with zero attached hydrogens (tertiary/aromatic N) is 1. The molecule has 0 spiro atoms. The molecule has 0 aliphatic rings. The standard InChI is InChI=1S/C14H16Cl2N2O/c1-8-7-17-14(19-8)10(3)18-9(2)12-6-11(15)4-5-13(12)16/h4-7,9-10,18H,1-3H3. The van der Waals surface area contributed by atoms with Gasteiger partial charge in [-0.05, 0) is 44.5 Å². The largest absolute Gasteiger partial charge is 0.444 e. The SMILES string of the molecule is Cc1cnc(C(C)NC(C)c2cc(Cl)ccc2Cl)o1. The normalized spacial score (nSPS) is 14.4. The molecule has 19 heavy (non-hydrogen) atoms. The molecular weight excluding hydrogens is 283 g/mol. The topological polar surface area (TPSA) is 38.1 Å². The van der Waals surface area contributed by atoms with Crippen molar-refractivity contribution in [3.63, 3.8) is 0 Å². The Hall–Kier alpha value is -1.03. The Bertz CT molecular complexity index is 568. The molecule has 0 bridgehead atoms. The van der Waals surface area contributed by atoms with Crippen molar-refractivity contribution in [1.29, 1.82) is 0 Å². The number of oxazole rings is 1. The molecule has 1 aromatic heterocycles. The van der Waals surface area contributed by atoms with Crippen LogP contribution in [0.1, 0.15) is 43.1 Å². The molecule has 1 heterocycles. The highest BCUT2D eigenvalue weighted by atomic mass is 35.5. The first-order chi connectivity index (χ1) is 8.97. The molecule has 2 unspecified atom stereocenters. The first-order valence-corrected chi connectivity index (χ1v) is 6.86. The van der Waals surface area contributed by atoms with Gasteiger partial charge in [0.05, 0.1) is 12.2 Å². The molecule has 2 rings (SSSR count). The van der Waals surface area contributed by atoms with Crippen LogP contribution in [0, 0.1) is 6.92 Å². The van der Waals surface area contributed by atoms with Crippen LogP contribution >= 0.6 is 23.2 Å². The van der Waals surface area contributed by atoms with E-state index in [1.54, 1.807) is 18.3 Å². The van der Waals surface area contributed by atoms with Gasteiger partial charge in [-0.2, -0.15) is 0 Å². The molecule has 1 aromatic carbocycles. The number of aryl methyl sites for hydroxylation is 1. The minimum Gasteiger partial charge on any atom is -0.444 e. The van der Waals surface area contributed by atoms with Crippen molar-refractivity contribution in [3.05, 3.63) is 51.7 Å². The summed E-state index contributed by atoms with van der Waals surface area (Å²) in [6.07, 6.45) is 1.71. The van der Waals surface area contributed by atoms with Crippen LogP contribution in [0.2, 0.25) is 10.0 Å². The molecule has 1 N–H and O–H groups in total. The molecule has 3 nitrogen and oxygen atoms in total. The zero-order chi connectivity index (χ0) is 14.0. The van der Waals surface area contributed by atoms with Crippen molar-refractivity contribution >= 4 is 23.2 Å². The average Bonchev–Trinajstić information content (AvgIpc) is 2.79. The molecule has 0 radical (unpaired) electrons. The van der Waals surface area contributed by atoms with Gasteiger partial charge in [0.15, 0.2) is 0 Å². The average molecular weight is 299 g/mol. The maximum absolute atomic E-state index is 6.19. The van der Waals surface area contributed by atoms with Gasteiger partial charge >= 0.3 is 0 Å². The van der Waals surface area contributed by atoms with Crippen LogP contribution in [0.3, 0.4) is 0 Å². The van der Waals surface area contributed by atoms with Gasteiger partial charge in [0.2, 0.25) is 5.89 Å². The summed E-state index contributed by atoms with van der Waals surface area (Å²) in [5, 5.41) is 4.76. The van der Waals surface area contributed by atoms with Crippen LogP contribution in [0.15, 0.2) is 28.8 Å². The van der Waals surface area contributed by atoms with Gasteiger partial charge in [-0.15, -0.1) is 0 Å². The zero-order valence-electron chi connectivity index (χ0n) is 11.1. The lowest BCUT2D eigenvalue weighted by atomic mass is 10.1. The number of rotatable bonds is 4. The third-order valence-corrected chi connectivity index (χ3v) is 3.51. The molecule has 0 fully saturated rings. The number of hydrogen-bond acceptors (Lipinski definition) is 3. The van der Waals surface area contributed by atoms with Gasteiger partial charge in [0, 0.05) is 16.1 Å². The van der Waals surface area contributed by atoms with E-state index in [1.165, 1.54) is 0 Å². The van der Waals surface area contributed by atoms with E-state index in [0.29, 0.717) is 15.9 Å². The summed E-state index contributed by atoms with van der Waals surface area (Å²) in [6.45, 7) is 5.91. The van der Waals surface area contributed by atoms with E-state index >= 15 is 0 Å². The van der Waals surface area contributed by atoms with Gasteiger partial charge in [0.1, 0.15) is 5.76 Å². The summed E-state index contributed by atoms with van der Waals surface area (Å²) in [5.41, 5.74) is 0.962. The highest BCUT2D eigenvalue weighted by molar-refractivity contribution is 6.33. The Morgan fingerprint density at radius 1 is 1.21 bits per heavy atom. The van der Waals surface area contributed by atoms with Crippen LogP contribution < -0.4 is 5.32 Å². The first-order valence-electron chi connectivity index (χ1n) is 6.10. The number of halogens is 2. The molecule has 0 aliphatic heterocycles. The van der Waals surface area contributed by atoms with E-state index in [9.17, 15) is 0 Å². The molecule has 5 heteroatoms. The molecule has 0 amide bonds. The summed E-state index contributed by atoms with van der Waals surface area (Å²) in [5.74, 6) is 1.47. The molecule has 102 valence electrons. The van der Waals surface area contributed by atoms with Crippen LogP contribution in [0.25, 0.3) is 0 Å².